The minimum atomic E-state index is -0.589. The Morgan fingerprint density at radius 2 is 2.26 bits per heavy atom. The number of halogens is 1. The molecule has 1 aromatic heterocycles. The van der Waals surface area contributed by atoms with Crippen LogP contribution in [0.1, 0.15) is 24.1 Å². The van der Waals surface area contributed by atoms with E-state index in [0.717, 1.165) is 11.6 Å². The average Bonchev–Trinajstić information content (AvgIpc) is 2.89. The van der Waals surface area contributed by atoms with Crippen LogP contribution in [0.3, 0.4) is 0 Å². The lowest BCUT2D eigenvalue weighted by Crippen LogP contribution is -2.17. The second-order valence-corrected chi connectivity index (χ2v) is 5.01. The van der Waals surface area contributed by atoms with E-state index in [9.17, 15) is 14.5 Å². The SMILES string of the molecule is CC(NCc1cc(F)cc([N+](=O)[O-])c1)c1ccsc1. The van der Waals surface area contributed by atoms with Crippen molar-refractivity contribution < 1.29 is 9.31 Å². The maximum absolute atomic E-state index is 13.3. The van der Waals surface area contributed by atoms with Gasteiger partial charge in [0.05, 0.1) is 11.0 Å². The smallest absolute Gasteiger partial charge is 0.272 e. The van der Waals surface area contributed by atoms with Crippen LogP contribution in [0.5, 0.6) is 0 Å². The Kier molecular flexibility index (Phi) is 4.24. The lowest BCUT2D eigenvalue weighted by atomic mass is 10.1. The molecular weight excluding hydrogens is 267 g/mol. The van der Waals surface area contributed by atoms with Gasteiger partial charge in [0.15, 0.2) is 0 Å². The van der Waals surface area contributed by atoms with Crippen molar-refractivity contribution in [2.75, 3.05) is 0 Å². The van der Waals surface area contributed by atoms with Crippen LogP contribution >= 0.6 is 11.3 Å². The first kappa shape index (κ1) is 13.6. The van der Waals surface area contributed by atoms with Crippen LogP contribution in [0.2, 0.25) is 0 Å². The Bertz CT molecular complexity index is 572. The molecule has 0 aliphatic carbocycles. The molecule has 0 aliphatic heterocycles. The normalized spacial score (nSPS) is 12.3. The second-order valence-electron chi connectivity index (χ2n) is 4.23. The first-order valence-corrected chi connectivity index (χ1v) is 6.70. The van der Waals surface area contributed by atoms with E-state index in [1.165, 1.54) is 12.1 Å². The molecule has 0 fully saturated rings. The Balaban J connectivity index is 2.05. The minimum Gasteiger partial charge on any atom is -0.306 e. The lowest BCUT2D eigenvalue weighted by Gasteiger charge is -2.12. The Hall–Kier alpha value is -1.79. The summed E-state index contributed by atoms with van der Waals surface area (Å²) in [5, 5.41) is 17.9. The van der Waals surface area contributed by atoms with Gasteiger partial charge in [0.1, 0.15) is 5.82 Å². The van der Waals surface area contributed by atoms with Crippen LogP contribution in [0.4, 0.5) is 10.1 Å². The van der Waals surface area contributed by atoms with Crippen molar-refractivity contribution in [2.45, 2.75) is 19.5 Å². The highest BCUT2D eigenvalue weighted by atomic mass is 32.1. The van der Waals surface area contributed by atoms with Gasteiger partial charge in [-0.15, -0.1) is 0 Å². The van der Waals surface area contributed by atoms with Gasteiger partial charge in [-0.3, -0.25) is 10.1 Å². The maximum atomic E-state index is 13.3. The monoisotopic (exact) mass is 280 g/mol. The van der Waals surface area contributed by atoms with Gasteiger partial charge in [-0.1, -0.05) is 0 Å². The first-order chi connectivity index (χ1) is 9.06. The second kappa shape index (κ2) is 5.90. The van der Waals surface area contributed by atoms with Crippen LogP contribution in [-0.4, -0.2) is 4.92 Å². The molecule has 1 aromatic carbocycles. The summed E-state index contributed by atoms with van der Waals surface area (Å²) in [5.41, 5.74) is 1.49. The predicted octanol–water partition coefficient (Wildman–Crippen LogP) is 3.65. The number of nitro groups is 1. The molecule has 2 rings (SSSR count). The number of benzene rings is 1. The summed E-state index contributed by atoms with van der Waals surface area (Å²) < 4.78 is 13.3. The maximum Gasteiger partial charge on any atom is 0.272 e. The van der Waals surface area contributed by atoms with Crippen molar-refractivity contribution >= 4 is 17.0 Å². The summed E-state index contributed by atoms with van der Waals surface area (Å²) in [4.78, 5) is 10.1. The summed E-state index contributed by atoms with van der Waals surface area (Å²) in [6.45, 7) is 2.38. The molecule has 1 unspecified atom stereocenters. The Labute approximate surface area is 114 Å². The fourth-order valence-corrected chi connectivity index (χ4v) is 2.51. The topological polar surface area (TPSA) is 55.2 Å². The number of hydrogen-bond acceptors (Lipinski definition) is 4. The molecule has 1 N–H and O–H groups in total. The molecule has 0 saturated heterocycles. The minimum absolute atomic E-state index is 0.119. The van der Waals surface area contributed by atoms with Crippen LogP contribution < -0.4 is 5.32 Å². The molecule has 0 aliphatic rings. The number of nitrogens with zero attached hydrogens (tertiary/aromatic N) is 1. The quantitative estimate of drug-likeness (QED) is 0.672. The number of rotatable bonds is 5. The Morgan fingerprint density at radius 3 is 2.89 bits per heavy atom. The Morgan fingerprint density at radius 1 is 1.47 bits per heavy atom. The molecule has 1 heterocycles. The van der Waals surface area contributed by atoms with Gasteiger partial charge in [-0.25, -0.2) is 4.39 Å². The molecule has 4 nitrogen and oxygen atoms in total. The van der Waals surface area contributed by atoms with Gasteiger partial charge in [0.2, 0.25) is 0 Å². The molecule has 0 spiro atoms. The lowest BCUT2D eigenvalue weighted by molar-refractivity contribution is -0.385. The molecule has 0 radical (unpaired) electrons. The fourth-order valence-electron chi connectivity index (χ4n) is 1.75. The predicted molar refractivity (Wildman–Crippen MR) is 72.6 cm³/mol. The van der Waals surface area contributed by atoms with Gasteiger partial charge < -0.3 is 5.32 Å². The van der Waals surface area contributed by atoms with E-state index < -0.39 is 10.7 Å². The first-order valence-electron chi connectivity index (χ1n) is 5.75. The molecule has 1 atom stereocenters. The number of thiophene rings is 1. The average molecular weight is 280 g/mol. The highest BCUT2D eigenvalue weighted by molar-refractivity contribution is 7.07. The molecule has 0 amide bonds. The highest BCUT2D eigenvalue weighted by Crippen LogP contribution is 2.19. The third-order valence-corrected chi connectivity index (χ3v) is 3.51. The summed E-state index contributed by atoms with van der Waals surface area (Å²) >= 11 is 1.61. The van der Waals surface area contributed by atoms with Gasteiger partial charge in [0.25, 0.3) is 5.69 Å². The van der Waals surface area contributed by atoms with Crippen LogP contribution in [0.25, 0.3) is 0 Å². The third kappa shape index (κ3) is 3.59. The fraction of sp³-hybridized carbons (Fsp3) is 0.231. The van der Waals surface area contributed by atoms with Crippen LogP contribution in [0.15, 0.2) is 35.0 Å². The number of hydrogen-bond donors (Lipinski definition) is 1. The van der Waals surface area contributed by atoms with E-state index in [0.29, 0.717) is 12.1 Å². The molecule has 100 valence electrons. The van der Waals surface area contributed by atoms with Gasteiger partial charge in [0, 0.05) is 18.7 Å². The number of non-ortho nitro benzene ring substituents is 1. The molecule has 0 bridgehead atoms. The van der Waals surface area contributed by atoms with Crippen LogP contribution in [0, 0.1) is 15.9 Å². The standard InChI is InChI=1S/C13H13FN2O2S/c1-9(11-2-3-19-8-11)15-7-10-4-12(14)6-13(5-10)16(17)18/h2-6,8-9,15H,7H2,1H3. The zero-order valence-corrected chi connectivity index (χ0v) is 11.1. The zero-order chi connectivity index (χ0) is 13.8. The summed E-state index contributed by atoms with van der Waals surface area (Å²) in [5.74, 6) is -0.589. The largest absolute Gasteiger partial charge is 0.306 e. The third-order valence-electron chi connectivity index (χ3n) is 2.81. The summed E-state index contributed by atoms with van der Waals surface area (Å²) in [7, 11) is 0. The molecule has 19 heavy (non-hydrogen) atoms. The number of nitrogens with one attached hydrogen (secondary N) is 1. The molecular formula is C13H13FN2O2S. The van der Waals surface area contributed by atoms with Crippen molar-refractivity contribution in [1.82, 2.24) is 5.32 Å². The van der Waals surface area contributed by atoms with E-state index in [1.54, 1.807) is 11.3 Å². The highest BCUT2D eigenvalue weighted by Gasteiger charge is 2.11. The van der Waals surface area contributed by atoms with E-state index in [1.807, 2.05) is 23.8 Å². The number of nitro benzene ring substituents is 1. The van der Waals surface area contributed by atoms with E-state index in [4.69, 9.17) is 0 Å². The van der Waals surface area contributed by atoms with Crippen molar-refractivity contribution in [3.05, 3.63) is 62.1 Å². The summed E-state index contributed by atoms with van der Waals surface area (Å²) in [6.07, 6.45) is 0. The van der Waals surface area contributed by atoms with Crippen molar-refractivity contribution in [1.29, 1.82) is 0 Å². The summed E-state index contributed by atoms with van der Waals surface area (Å²) in [6, 6.07) is 5.74. The van der Waals surface area contributed by atoms with E-state index in [-0.39, 0.29) is 11.7 Å². The van der Waals surface area contributed by atoms with Gasteiger partial charge >= 0.3 is 0 Å². The van der Waals surface area contributed by atoms with E-state index in [2.05, 4.69) is 5.32 Å². The van der Waals surface area contributed by atoms with E-state index >= 15 is 0 Å². The molecule has 2 aromatic rings. The zero-order valence-electron chi connectivity index (χ0n) is 10.3. The van der Waals surface area contributed by atoms with Gasteiger partial charge in [-0.05, 0) is 40.9 Å². The molecule has 6 heteroatoms. The molecule has 0 saturated carbocycles. The van der Waals surface area contributed by atoms with Crippen LogP contribution in [-0.2, 0) is 6.54 Å². The van der Waals surface area contributed by atoms with Gasteiger partial charge in [-0.2, -0.15) is 11.3 Å². The van der Waals surface area contributed by atoms with Crippen molar-refractivity contribution in [3.63, 3.8) is 0 Å². The van der Waals surface area contributed by atoms with Crippen molar-refractivity contribution in [2.24, 2.45) is 0 Å². The van der Waals surface area contributed by atoms with Crippen molar-refractivity contribution in [3.8, 4) is 0 Å².